The Morgan fingerprint density at radius 3 is 2.37 bits per heavy atom. The van der Waals surface area contributed by atoms with Crippen LogP contribution in [0.1, 0.15) is 90.5 Å². The van der Waals surface area contributed by atoms with Gasteiger partial charge in [-0.25, -0.2) is 4.98 Å². The maximum Gasteiger partial charge on any atom is 0.259 e. The second kappa shape index (κ2) is 24.0. The van der Waals surface area contributed by atoms with Crippen LogP contribution in [-0.2, 0) is 25.6 Å². The lowest BCUT2D eigenvalue weighted by Gasteiger charge is -2.38. The minimum absolute atomic E-state index is 0.0154. The predicted molar refractivity (Wildman–Crippen MR) is 272 cm³/mol. The molecule has 2 aliphatic heterocycles. The third-order valence-corrected chi connectivity index (χ3v) is 14.0. The second-order valence-electron chi connectivity index (χ2n) is 19.4. The van der Waals surface area contributed by atoms with E-state index < -0.39 is 11.8 Å². The van der Waals surface area contributed by atoms with Gasteiger partial charge in [0.15, 0.2) is 5.11 Å². The van der Waals surface area contributed by atoms with Crippen molar-refractivity contribution in [3.05, 3.63) is 89.1 Å². The summed E-state index contributed by atoms with van der Waals surface area (Å²) in [5.74, 6) is 1.20. The Balaban J connectivity index is 0.828. The largest absolute Gasteiger partial charge is 0.495 e. The number of aliphatic hydroxyl groups excluding tert-OH is 1. The zero-order chi connectivity index (χ0) is 49.0. The van der Waals surface area contributed by atoms with Gasteiger partial charge >= 0.3 is 0 Å². The van der Waals surface area contributed by atoms with Gasteiger partial charge in [-0.2, -0.15) is 5.26 Å². The summed E-state index contributed by atoms with van der Waals surface area (Å²) in [6.45, 7) is 18.5. The molecule has 14 nitrogen and oxygen atoms in total. The molecule has 3 N–H and O–H groups in total. The van der Waals surface area contributed by atoms with E-state index in [9.17, 15) is 20.0 Å². The SMILES string of the molecule is COc1cc(N2C(=O)C(C)(C)N(c3ccc(OCCCCCOCCCOCC(=O)N[C@H](CN4C[C@H](C)C[C@H]4C(O)NCc4ccc(-c5scnc5C)cc4)C(C)(C)C)cc3)C2=S)ccc1C#N. The summed E-state index contributed by atoms with van der Waals surface area (Å²) in [5, 5.41) is 27.7. The van der Waals surface area contributed by atoms with Crippen molar-refractivity contribution < 1.29 is 33.6 Å². The summed E-state index contributed by atoms with van der Waals surface area (Å²) >= 11 is 7.46. The van der Waals surface area contributed by atoms with Crippen LogP contribution in [0.3, 0.4) is 0 Å². The molecule has 68 heavy (non-hydrogen) atoms. The monoisotopic (exact) mass is 967 g/mol. The molecule has 2 fully saturated rings. The van der Waals surface area contributed by atoms with Crippen molar-refractivity contribution >= 4 is 51.9 Å². The van der Waals surface area contributed by atoms with Crippen LogP contribution in [0.4, 0.5) is 11.4 Å². The number of nitrogens with one attached hydrogen (secondary N) is 2. The highest BCUT2D eigenvalue weighted by atomic mass is 32.1. The summed E-state index contributed by atoms with van der Waals surface area (Å²) in [4.78, 5) is 37.9. The third-order valence-electron chi connectivity index (χ3n) is 12.6. The van der Waals surface area contributed by atoms with Crippen LogP contribution < -0.4 is 29.9 Å². The average molecular weight is 968 g/mol. The van der Waals surface area contributed by atoms with Crippen LogP contribution in [-0.4, -0.2) is 109 Å². The number of aryl methyl sites for hydroxylation is 1. The summed E-state index contributed by atoms with van der Waals surface area (Å²) in [5.41, 5.74) is 5.70. The fourth-order valence-corrected chi connectivity index (χ4v) is 10.0. The molecule has 366 valence electrons. The molecule has 0 saturated carbocycles. The number of likely N-dealkylation sites (tertiary alicyclic amines) is 1. The van der Waals surface area contributed by atoms with Crippen LogP contribution in [0.5, 0.6) is 11.5 Å². The number of nitrogens with zero attached hydrogens (tertiary/aromatic N) is 5. The lowest BCUT2D eigenvalue weighted by Crippen LogP contribution is -2.55. The molecule has 0 aliphatic carbocycles. The molecule has 2 saturated heterocycles. The number of carbonyl (C=O) groups is 2. The minimum Gasteiger partial charge on any atom is -0.495 e. The van der Waals surface area contributed by atoms with E-state index >= 15 is 0 Å². The maximum absolute atomic E-state index is 13.6. The summed E-state index contributed by atoms with van der Waals surface area (Å²) in [6, 6.07) is 22.9. The Bertz CT molecular complexity index is 2340. The number of hydrogen-bond donors (Lipinski definition) is 3. The molecule has 1 unspecified atom stereocenters. The first-order valence-corrected chi connectivity index (χ1v) is 24.9. The van der Waals surface area contributed by atoms with Gasteiger partial charge in [0.1, 0.15) is 35.9 Å². The van der Waals surface area contributed by atoms with Crippen molar-refractivity contribution in [2.24, 2.45) is 11.3 Å². The van der Waals surface area contributed by atoms with Gasteiger partial charge in [-0.05, 0) is 124 Å². The number of ether oxygens (including phenoxy) is 4. The molecular formula is C52H69N7O7S2. The summed E-state index contributed by atoms with van der Waals surface area (Å²) in [7, 11) is 1.49. The van der Waals surface area contributed by atoms with Crippen molar-refractivity contribution in [2.45, 2.75) is 111 Å². The summed E-state index contributed by atoms with van der Waals surface area (Å²) in [6.07, 6.45) is 3.59. The quantitative estimate of drug-likeness (QED) is 0.0350. The topological polar surface area (TPSA) is 162 Å². The van der Waals surface area contributed by atoms with E-state index in [2.05, 4.69) is 78.5 Å². The molecule has 3 heterocycles. The lowest BCUT2D eigenvalue weighted by atomic mass is 9.86. The van der Waals surface area contributed by atoms with Crippen LogP contribution in [0.15, 0.2) is 72.2 Å². The van der Waals surface area contributed by atoms with Gasteiger partial charge < -0.3 is 34.3 Å². The molecule has 4 atom stereocenters. The highest BCUT2D eigenvalue weighted by Gasteiger charge is 2.50. The van der Waals surface area contributed by atoms with Gasteiger partial charge in [-0.1, -0.05) is 52.0 Å². The van der Waals surface area contributed by atoms with Crippen LogP contribution in [0, 0.1) is 29.6 Å². The molecule has 0 radical (unpaired) electrons. The number of amides is 2. The number of nitriles is 1. The summed E-state index contributed by atoms with van der Waals surface area (Å²) < 4.78 is 22.9. The molecule has 0 spiro atoms. The molecule has 4 aromatic rings. The zero-order valence-corrected chi connectivity index (χ0v) is 42.5. The number of carbonyl (C=O) groups excluding carboxylic acids is 2. The highest BCUT2D eigenvalue weighted by molar-refractivity contribution is 7.81. The van der Waals surface area contributed by atoms with Gasteiger partial charge in [0.05, 0.1) is 41.0 Å². The minimum atomic E-state index is -0.940. The van der Waals surface area contributed by atoms with Crippen molar-refractivity contribution in [1.82, 2.24) is 20.5 Å². The Morgan fingerprint density at radius 1 is 1.00 bits per heavy atom. The Morgan fingerprint density at radius 2 is 1.69 bits per heavy atom. The van der Waals surface area contributed by atoms with Crippen LogP contribution in [0.2, 0.25) is 0 Å². The molecule has 0 bridgehead atoms. The van der Waals surface area contributed by atoms with Crippen molar-refractivity contribution in [2.75, 3.05) is 63.0 Å². The van der Waals surface area contributed by atoms with Gasteiger partial charge in [0.2, 0.25) is 5.91 Å². The molecular weight excluding hydrogens is 899 g/mol. The van der Waals surface area contributed by atoms with E-state index in [4.69, 9.17) is 31.2 Å². The zero-order valence-electron chi connectivity index (χ0n) is 40.9. The number of benzene rings is 3. The van der Waals surface area contributed by atoms with E-state index in [0.717, 1.165) is 60.5 Å². The average Bonchev–Trinajstić information content (AvgIpc) is 3.97. The molecule has 2 aliphatic rings. The first-order chi connectivity index (χ1) is 32.5. The number of unbranched alkanes of at least 4 members (excludes halogenated alkanes) is 2. The van der Waals surface area contributed by atoms with E-state index in [1.807, 2.05) is 55.4 Å². The standard InChI is InChI=1S/C52H69N7O7S2/c1-35-27-43(48(61)54-30-37-13-15-38(16-14-37)47-36(2)55-34-68-47)57(31-35)32-45(51(3,4)5)56-46(60)33-65-25-12-24-64-23-10-9-11-26-66-42-21-19-40(20-22-42)59-50(67)58(49(62)52(59,6)7)41-18-17-39(29-53)44(28-41)63-8/h13-22,28,34-35,43,45,48,54,61H,9-12,23-27,30-33H2,1-8H3,(H,56,60)/t35-,43+,45-,48?/m1/s1. The fourth-order valence-electron chi connectivity index (χ4n) is 8.69. The maximum atomic E-state index is 13.6. The first-order valence-electron chi connectivity index (χ1n) is 23.6. The molecule has 6 rings (SSSR count). The molecule has 16 heteroatoms. The van der Waals surface area contributed by atoms with E-state index in [1.165, 1.54) is 16.9 Å². The lowest BCUT2D eigenvalue weighted by molar-refractivity contribution is -0.127. The van der Waals surface area contributed by atoms with Gasteiger partial charge in [-0.15, -0.1) is 11.3 Å². The molecule has 2 amide bonds. The molecule has 3 aromatic carbocycles. The van der Waals surface area contributed by atoms with E-state index in [-0.39, 0.29) is 35.9 Å². The fraction of sp³-hybridized carbons (Fsp3) is 0.519. The predicted octanol–water partition coefficient (Wildman–Crippen LogP) is 8.24. The number of anilines is 2. The van der Waals surface area contributed by atoms with Crippen molar-refractivity contribution in [3.8, 4) is 28.0 Å². The normalized spacial score (nSPS) is 18.2. The highest BCUT2D eigenvalue weighted by Crippen LogP contribution is 2.38. The number of hydrogen-bond acceptors (Lipinski definition) is 13. The Kier molecular flexibility index (Phi) is 18.5. The number of methoxy groups -OCH3 is 1. The number of thiocarbonyl (C=S) groups is 1. The van der Waals surface area contributed by atoms with Crippen LogP contribution >= 0.6 is 23.6 Å². The number of aromatic nitrogens is 1. The number of thiazole rings is 1. The first kappa shape index (κ1) is 52.4. The molecule has 1 aromatic heterocycles. The Hall–Kier alpha value is -4.99. The Labute approximate surface area is 411 Å². The third kappa shape index (κ3) is 13.4. The van der Waals surface area contributed by atoms with Crippen molar-refractivity contribution in [3.63, 3.8) is 0 Å². The van der Waals surface area contributed by atoms with Crippen LogP contribution in [0.25, 0.3) is 10.4 Å². The van der Waals surface area contributed by atoms with Crippen molar-refractivity contribution in [1.29, 1.82) is 5.26 Å². The van der Waals surface area contributed by atoms with Gasteiger partial charge in [-0.3, -0.25) is 24.7 Å². The number of aliphatic hydroxyl groups is 1. The van der Waals surface area contributed by atoms with E-state index in [1.54, 1.807) is 29.5 Å². The van der Waals surface area contributed by atoms with E-state index in [0.29, 0.717) is 74.0 Å². The number of rotatable bonds is 24. The smallest absolute Gasteiger partial charge is 0.259 e. The van der Waals surface area contributed by atoms with Gasteiger partial charge in [0.25, 0.3) is 5.91 Å². The second-order valence-corrected chi connectivity index (χ2v) is 20.6. The van der Waals surface area contributed by atoms with Gasteiger partial charge in [0, 0.05) is 63.3 Å².